The van der Waals surface area contributed by atoms with Gasteiger partial charge < -0.3 is 19.4 Å². The molecule has 1 heterocycles. The van der Waals surface area contributed by atoms with Crippen molar-refractivity contribution in [3.63, 3.8) is 0 Å². The molecule has 29 heavy (non-hydrogen) atoms. The molecule has 0 aliphatic heterocycles. The van der Waals surface area contributed by atoms with E-state index in [-0.39, 0.29) is 11.5 Å². The van der Waals surface area contributed by atoms with Crippen LogP contribution in [0, 0.1) is 0 Å². The number of carbonyl (C=O) groups excluding carboxylic acids is 1. The predicted octanol–water partition coefficient (Wildman–Crippen LogP) is 3.69. The summed E-state index contributed by atoms with van der Waals surface area (Å²) in [6.45, 7) is 1.90. The fourth-order valence-electron chi connectivity index (χ4n) is 3.10. The van der Waals surface area contributed by atoms with Crippen molar-refractivity contribution in [2.75, 3.05) is 40.5 Å². The first-order chi connectivity index (χ1) is 14.0. The first-order valence-corrected chi connectivity index (χ1v) is 10.0. The van der Waals surface area contributed by atoms with Crippen molar-refractivity contribution in [2.24, 2.45) is 0 Å². The van der Waals surface area contributed by atoms with Gasteiger partial charge in [0.25, 0.3) is 11.5 Å². The van der Waals surface area contributed by atoms with Crippen LogP contribution in [0.2, 0.25) is 0 Å². The van der Waals surface area contributed by atoms with Crippen LogP contribution in [0.4, 0.5) is 0 Å². The van der Waals surface area contributed by atoms with Crippen molar-refractivity contribution in [3.05, 3.63) is 68.9 Å². The molecule has 0 radical (unpaired) electrons. The van der Waals surface area contributed by atoms with E-state index in [0.29, 0.717) is 42.9 Å². The lowest BCUT2D eigenvalue weighted by molar-refractivity contribution is 0.0627. The molecule has 0 unspecified atom stereocenters. The third-order valence-corrected chi connectivity index (χ3v) is 5.39. The van der Waals surface area contributed by atoms with Crippen LogP contribution in [0.1, 0.15) is 10.4 Å². The van der Waals surface area contributed by atoms with Gasteiger partial charge in [0.15, 0.2) is 0 Å². The Morgan fingerprint density at radius 1 is 1.00 bits per heavy atom. The van der Waals surface area contributed by atoms with Gasteiger partial charge in [-0.05, 0) is 35.9 Å². The summed E-state index contributed by atoms with van der Waals surface area (Å²) in [5, 5.41) is 1.47. The van der Waals surface area contributed by atoms with Gasteiger partial charge in [0, 0.05) is 53.8 Å². The molecule has 0 bridgehead atoms. The third-order valence-electron chi connectivity index (χ3n) is 4.70. The summed E-state index contributed by atoms with van der Waals surface area (Å²) in [4.78, 5) is 29.9. The molecule has 0 fully saturated rings. The smallest absolute Gasteiger partial charge is 0.256 e. The summed E-state index contributed by atoms with van der Waals surface area (Å²) < 4.78 is 11.1. The molecule has 152 valence electrons. The Morgan fingerprint density at radius 3 is 2.28 bits per heavy atom. The van der Waals surface area contributed by atoms with E-state index in [2.05, 4.69) is 20.9 Å². The molecule has 1 N–H and O–H groups in total. The normalized spacial score (nSPS) is 11.0. The molecule has 0 saturated heterocycles. The zero-order valence-electron chi connectivity index (χ0n) is 16.4. The van der Waals surface area contributed by atoms with Crippen molar-refractivity contribution >= 4 is 32.6 Å². The maximum absolute atomic E-state index is 12.8. The van der Waals surface area contributed by atoms with Gasteiger partial charge in [-0.3, -0.25) is 9.59 Å². The average molecular weight is 459 g/mol. The summed E-state index contributed by atoms with van der Waals surface area (Å²) in [5.41, 5.74) is 1.95. The zero-order chi connectivity index (χ0) is 20.8. The number of amides is 1. The van der Waals surface area contributed by atoms with E-state index in [0.717, 1.165) is 15.4 Å². The van der Waals surface area contributed by atoms with Crippen LogP contribution < -0.4 is 5.56 Å². The van der Waals surface area contributed by atoms with E-state index < -0.39 is 0 Å². The van der Waals surface area contributed by atoms with Crippen LogP contribution in [-0.4, -0.2) is 56.3 Å². The number of benzene rings is 2. The number of H-pyrrole nitrogens is 1. The minimum absolute atomic E-state index is 0.0830. The van der Waals surface area contributed by atoms with Crippen molar-refractivity contribution < 1.29 is 14.3 Å². The van der Waals surface area contributed by atoms with E-state index in [4.69, 9.17) is 9.47 Å². The Morgan fingerprint density at radius 2 is 1.66 bits per heavy atom. The fourth-order valence-corrected chi connectivity index (χ4v) is 3.58. The van der Waals surface area contributed by atoms with Crippen molar-refractivity contribution in [2.45, 2.75) is 0 Å². The highest BCUT2D eigenvalue weighted by atomic mass is 79.9. The number of halogens is 1. The summed E-state index contributed by atoms with van der Waals surface area (Å²) in [6.07, 6.45) is 0. The minimum atomic E-state index is -0.149. The van der Waals surface area contributed by atoms with Gasteiger partial charge in [0.1, 0.15) is 0 Å². The number of nitrogens with one attached hydrogen (secondary N) is 1. The van der Waals surface area contributed by atoms with E-state index in [1.165, 1.54) is 0 Å². The molecule has 0 aliphatic carbocycles. The Bertz CT molecular complexity index is 1040. The quantitative estimate of drug-likeness (QED) is 0.558. The second-order valence-corrected chi connectivity index (χ2v) is 7.42. The molecule has 7 heteroatoms. The van der Waals surface area contributed by atoms with Crippen LogP contribution in [0.3, 0.4) is 0 Å². The molecule has 0 spiro atoms. The summed E-state index contributed by atoms with van der Waals surface area (Å²) in [6, 6.07) is 14.7. The molecule has 0 aliphatic rings. The number of rotatable bonds is 8. The topological polar surface area (TPSA) is 71.6 Å². The zero-order valence-corrected chi connectivity index (χ0v) is 18.0. The van der Waals surface area contributed by atoms with Crippen molar-refractivity contribution in [3.8, 4) is 11.3 Å². The number of pyridine rings is 1. The maximum atomic E-state index is 12.8. The number of aromatic amines is 1. The standard InChI is InChI=1S/C22H23BrN2O4/c1-28-12-10-25(11-13-29-2)22(27)16-8-6-15(7-9-16)20-14-18-17(21(26)24-20)4-3-5-19(18)23/h3-9,14H,10-13H2,1-2H3,(H,24,26). The van der Waals surface area contributed by atoms with Crippen LogP contribution in [0.15, 0.2) is 57.8 Å². The molecular weight excluding hydrogens is 436 g/mol. The number of nitrogens with zero attached hydrogens (tertiary/aromatic N) is 1. The number of ether oxygens (including phenoxy) is 2. The second kappa shape index (κ2) is 9.82. The Labute approximate surface area is 177 Å². The number of hydrogen-bond acceptors (Lipinski definition) is 4. The van der Waals surface area contributed by atoms with Crippen LogP contribution in [0.5, 0.6) is 0 Å². The van der Waals surface area contributed by atoms with Crippen LogP contribution >= 0.6 is 15.9 Å². The van der Waals surface area contributed by atoms with E-state index in [9.17, 15) is 9.59 Å². The highest BCUT2D eigenvalue weighted by Gasteiger charge is 2.16. The van der Waals surface area contributed by atoms with Crippen molar-refractivity contribution in [1.82, 2.24) is 9.88 Å². The van der Waals surface area contributed by atoms with Gasteiger partial charge in [0.2, 0.25) is 0 Å². The van der Waals surface area contributed by atoms with Crippen molar-refractivity contribution in [1.29, 1.82) is 0 Å². The number of methoxy groups -OCH3 is 2. The molecule has 0 saturated carbocycles. The minimum Gasteiger partial charge on any atom is -0.383 e. The van der Waals surface area contributed by atoms with Gasteiger partial charge in [-0.2, -0.15) is 0 Å². The summed E-state index contributed by atoms with van der Waals surface area (Å²) in [7, 11) is 3.22. The third kappa shape index (κ3) is 4.93. The van der Waals surface area contributed by atoms with Crippen LogP contribution in [-0.2, 0) is 9.47 Å². The van der Waals surface area contributed by atoms with Crippen LogP contribution in [0.25, 0.3) is 22.0 Å². The lowest BCUT2D eigenvalue weighted by atomic mass is 10.1. The first-order valence-electron chi connectivity index (χ1n) is 9.24. The molecular formula is C22H23BrN2O4. The number of hydrogen-bond donors (Lipinski definition) is 1. The van der Waals surface area contributed by atoms with Gasteiger partial charge in [-0.15, -0.1) is 0 Å². The average Bonchev–Trinajstić information content (AvgIpc) is 2.74. The lowest BCUT2D eigenvalue weighted by Gasteiger charge is -2.22. The largest absolute Gasteiger partial charge is 0.383 e. The molecule has 0 atom stereocenters. The fraction of sp³-hybridized carbons (Fsp3) is 0.273. The van der Waals surface area contributed by atoms with Gasteiger partial charge in [0.05, 0.1) is 13.2 Å². The van der Waals surface area contributed by atoms with Gasteiger partial charge in [-0.25, -0.2) is 0 Å². The van der Waals surface area contributed by atoms with E-state index in [1.54, 1.807) is 37.3 Å². The van der Waals surface area contributed by atoms with Gasteiger partial charge >= 0.3 is 0 Å². The highest BCUT2D eigenvalue weighted by molar-refractivity contribution is 9.10. The molecule has 6 nitrogen and oxygen atoms in total. The van der Waals surface area contributed by atoms with E-state index >= 15 is 0 Å². The van der Waals surface area contributed by atoms with E-state index in [1.807, 2.05) is 30.3 Å². The number of carbonyl (C=O) groups is 1. The molecule has 1 aromatic heterocycles. The van der Waals surface area contributed by atoms with Gasteiger partial charge in [-0.1, -0.05) is 34.1 Å². The lowest BCUT2D eigenvalue weighted by Crippen LogP contribution is -2.36. The maximum Gasteiger partial charge on any atom is 0.256 e. The summed E-state index contributed by atoms with van der Waals surface area (Å²) >= 11 is 3.50. The predicted molar refractivity (Wildman–Crippen MR) is 117 cm³/mol. The molecule has 3 rings (SSSR count). The number of fused-ring (bicyclic) bond motifs is 1. The Balaban J connectivity index is 1.88. The second-order valence-electron chi connectivity index (χ2n) is 6.57. The molecule has 2 aromatic carbocycles. The SMILES string of the molecule is COCCN(CCOC)C(=O)c1ccc(-c2cc3c(Br)cccc3c(=O)[nH]2)cc1. The summed E-state index contributed by atoms with van der Waals surface area (Å²) in [5.74, 6) is -0.0830. The molecule has 3 aromatic rings. The number of aromatic nitrogens is 1. The Kier molecular flexibility index (Phi) is 7.19. The monoisotopic (exact) mass is 458 g/mol. The first kappa shape index (κ1) is 21.2. The Hall–Kier alpha value is -2.48. The highest BCUT2D eigenvalue weighted by Crippen LogP contribution is 2.26. The molecule has 1 amide bonds.